The summed E-state index contributed by atoms with van der Waals surface area (Å²) in [4.78, 5) is 27.0. The number of amides is 2. The molecule has 138 valence electrons. The third-order valence-corrected chi connectivity index (χ3v) is 4.64. The average molecular weight is 373 g/mol. The van der Waals surface area contributed by atoms with E-state index in [1.165, 1.54) is 0 Å². The fourth-order valence-electron chi connectivity index (χ4n) is 2.76. The molecule has 0 radical (unpaired) electrons. The maximum Gasteiger partial charge on any atom is 0.242 e. The molecule has 0 aliphatic carbocycles. The molecule has 0 aliphatic heterocycles. The normalized spacial score (nSPS) is 11.7. The highest BCUT2D eigenvalue weighted by Crippen LogP contribution is 2.16. The van der Waals surface area contributed by atoms with E-state index in [1.54, 1.807) is 24.0 Å². The summed E-state index contributed by atoms with van der Waals surface area (Å²) in [6.07, 6.45) is 0.268. The lowest BCUT2D eigenvalue weighted by molar-refractivity contribution is -0.140. The van der Waals surface area contributed by atoms with E-state index in [0.717, 1.165) is 16.7 Å². The quantitative estimate of drug-likeness (QED) is 0.804. The number of halogens is 1. The monoisotopic (exact) mass is 372 g/mol. The maximum absolute atomic E-state index is 13.0. The number of nitrogens with one attached hydrogen (secondary N) is 1. The van der Waals surface area contributed by atoms with Crippen LogP contribution in [-0.2, 0) is 22.6 Å². The van der Waals surface area contributed by atoms with Crippen molar-refractivity contribution in [3.05, 3.63) is 70.2 Å². The molecule has 0 bridgehead atoms. The van der Waals surface area contributed by atoms with Gasteiger partial charge in [-0.05, 0) is 49.6 Å². The summed E-state index contributed by atoms with van der Waals surface area (Å²) in [5, 5.41) is 3.44. The van der Waals surface area contributed by atoms with Crippen molar-refractivity contribution >= 4 is 23.4 Å². The Hall–Kier alpha value is -2.33. The fourth-order valence-corrected chi connectivity index (χ4v) is 2.89. The van der Waals surface area contributed by atoms with Crippen LogP contribution in [0.25, 0.3) is 0 Å². The largest absolute Gasteiger partial charge is 0.355 e. The average Bonchev–Trinajstić information content (AvgIpc) is 2.62. The summed E-state index contributed by atoms with van der Waals surface area (Å²) in [5.74, 6) is -0.229. The van der Waals surface area contributed by atoms with Gasteiger partial charge in [0, 0.05) is 18.1 Å². The highest BCUT2D eigenvalue weighted by molar-refractivity contribution is 6.30. The van der Waals surface area contributed by atoms with Crippen LogP contribution in [0.2, 0.25) is 5.02 Å². The van der Waals surface area contributed by atoms with Gasteiger partial charge in [0.05, 0.1) is 6.42 Å². The van der Waals surface area contributed by atoms with Crippen molar-refractivity contribution in [3.63, 3.8) is 0 Å². The first-order valence-corrected chi connectivity index (χ1v) is 9.16. The molecule has 0 spiro atoms. The molecular weight excluding hydrogens is 348 g/mol. The Morgan fingerprint density at radius 1 is 1.12 bits per heavy atom. The summed E-state index contributed by atoms with van der Waals surface area (Å²) in [6.45, 7) is 6.50. The number of carbonyl (C=O) groups excluding carboxylic acids is 2. The van der Waals surface area contributed by atoms with Gasteiger partial charge < -0.3 is 10.2 Å². The van der Waals surface area contributed by atoms with Crippen molar-refractivity contribution < 1.29 is 9.59 Å². The first-order valence-electron chi connectivity index (χ1n) is 8.78. The van der Waals surface area contributed by atoms with Crippen molar-refractivity contribution in [2.45, 2.75) is 39.8 Å². The molecule has 2 aromatic carbocycles. The van der Waals surface area contributed by atoms with Gasteiger partial charge in [0.15, 0.2) is 0 Å². The molecule has 0 aromatic heterocycles. The minimum Gasteiger partial charge on any atom is -0.355 e. The molecular formula is C21H25ClN2O2. The molecule has 0 aliphatic rings. The Bertz CT molecular complexity index is 759. The van der Waals surface area contributed by atoms with Gasteiger partial charge >= 0.3 is 0 Å². The Morgan fingerprint density at radius 3 is 2.38 bits per heavy atom. The third-order valence-electron chi connectivity index (χ3n) is 4.39. The predicted molar refractivity (Wildman–Crippen MR) is 105 cm³/mol. The highest BCUT2D eigenvalue weighted by Gasteiger charge is 2.26. The second kappa shape index (κ2) is 9.39. The second-order valence-corrected chi connectivity index (χ2v) is 6.76. The molecule has 26 heavy (non-hydrogen) atoms. The number of likely N-dealkylation sites (N-methyl/N-ethyl adjacent to an activating group) is 1. The van der Waals surface area contributed by atoms with Gasteiger partial charge in [0.25, 0.3) is 0 Å². The second-order valence-electron chi connectivity index (χ2n) is 6.32. The van der Waals surface area contributed by atoms with Crippen molar-refractivity contribution in [2.75, 3.05) is 6.54 Å². The molecule has 1 atom stereocenters. The first kappa shape index (κ1) is 20.0. The van der Waals surface area contributed by atoms with E-state index in [4.69, 9.17) is 11.6 Å². The minimum atomic E-state index is -0.554. The maximum atomic E-state index is 13.0. The minimum absolute atomic E-state index is 0.0759. The van der Waals surface area contributed by atoms with Crippen LogP contribution in [0.3, 0.4) is 0 Å². The lowest BCUT2D eigenvalue weighted by Crippen LogP contribution is -2.48. The van der Waals surface area contributed by atoms with E-state index in [0.29, 0.717) is 18.1 Å². The van der Waals surface area contributed by atoms with E-state index in [1.807, 2.05) is 50.2 Å². The van der Waals surface area contributed by atoms with Crippen molar-refractivity contribution in [1.82, 2.24) is 10.2 Å². The zero-order chi connectivity index (χ0) is 19.1. The van der Waals surface area contributed by atoms with Crippen LogP contribution in [0, 0.1) is 6.92 Å². The predicted octanol–water partition coefficient (Wildman–Crippen LogP) is 3.74. The van der Waals surface area contributed by atoms with Crippen LogP contribution in [0.5, 0.6) is 0 Å². The number of hydrogen-bond donors (Lipinski definition) is 1. The molecule has 2 amide bonds. The number of nitrogens with zero attached hydrogens (tertiary/aromatic N) is 1. The van der Waals surface area contributed by atoms with Gasteiger partial charge in [0.2, 0.25) is 11.8 Å². The molecule has 0 fully saturated rings. The van der Waals surface area contributed by atoms with E-state index in [9.17, 15) is 9.59 Å². The van der Waals surface area contributed by atoms with E-state index in [2.05, 4.69) is 5.32 Å². The molecule has 5 heteroatoms. The van der Waals surface area contributed by atoms with Crippen LogP contribution in [0.4, 0.5) is 0 Å². The molecule has 0 heterocycles. The molecule has 2 rings (SSSR count). The molecule has 2 aromatic rings. The molecule has 1 N–H and O–H groups in total. The topological polar surface area (TPSA) is 49.4 Å². The number of rotatable bonds is 7. The van der Waals surface area contributed by atoms with Gasteiger partial charge in [-0.25, -0.2) is 0 Å². The van der Waals surface area contributed by atoms with Gasteiger partial charge in [-0.1, -0.05) is 48.0 Å². The summed E-state index contributed by atoms with van der Waals surface area (Å²) >= 11 is 5.95. The van der Waals surface area contributed by atoms with Crippen LogP contribution in [0.1, 0.15) is 30.5 Å². The Morgan fingerprint density at radius 2 is 1.77 bits per heavy atom. The molecule has 4 nitrogen and oxygen atoms in total. The Balaban J connectivity index is 2.23. The zero-order valence-corrected chi connectivity index (χ0v) is 16.2. The third kappa shape index (κ3) is 5.33. The molecule has 0 saturated heterocycles. The van der Waals surface area contributed by atoms with Gasteiger partial charge in [-0.3, -0.25) is 9.59 Å². The highest BCUT2D eigenvalue weighted by atomic mass is 35.5. The zero-order valence-electron chi connectivity index (χ0n) is 15.5. The summed E-state index contributed by atoms with van der Waals surface area (Å²) in [5.41, 5.74) is 2.98. The van der Waals surface area contributed by atoms with Gasteiger partial charge in [-0.15, -0.1) is 0 Å². The van der Waals surface area contributed by atoms with Gasteiger partial charge in [-0.2, -0.15) is 0 Å². The lowest BCUT2D eigenvalue weighted by atomic mass is 10.0. The van der Waals surface area contributed by atoms with Crippen LogP contribution in [-0.4, -0.2) is 29.3 Å². The van der Waals surface area contributed by atoms with Crippen molar-refractivity contribution in [1.29, 1.82) is 0 Å². The van der Waals surface area contributed by atoms with Crippen molar-refractivity contribution in [3.8, 4) is 0 Å². The van der Waals surface area contributed by atoms with E-state index < -0.39 is 6.04 Å². The standard InChI is InChI=1S/C21H25ClN2O2/c1-4-23-21(26)16(3)24(14-17-9-11-19(22)12-10-17)20(25)13-18-8-6-5-7-15(18)2/h5-12,16H,4,13-14H2,1-3H3,(H,23,26)/t16-/m0/s1. The Labute approximate surface area is 160 Å². The summed E-state index contributed by atoms with van der Waals surface area (Å²) < 4.78 is 0. The van der Waals surface area contributed by atoms with Gasteiger partial charge in [0.1, 0.15) is 6.04 Å². The smallest absolute Gasteiger partial charge is 0.242 e. The van der Waals surface area contributed by atoms with Crippen LogP contribution in [0.15, 0.2) is 48.5 Å². The molecule has 0 saturated carbocycles. The summed E-state index contributed by atoms with van der Waals surface area (Å²) in [7, 11) is 0. The number of aryl methyl sites for hydroxylation is 1. The molecule has 0 unspecified atom stereocenters. The fraction of sp³-hybridized carbons (Fsp3) is 0.333. The first-order chi connectivity index (χ1) is 12.4. The number of hydrogen-bond acceptors (Lipinski definition) is 2. The van der Waals surface area contributed by atoms with E-state index in [-0.39, 0.29) is 18.2 Å². The van der Waals surface area contributed by atoms with Crippen molar-refractivity contribution in [2.24, 2.45) is 0 Å². The van der Waals surface area contributed by atoms with E-state index >= 15 is 0 Å². The Kier molecular flexibility index (Phi) is 7.22. The lowest BCUT2D eigenvalue weighted by Gasteiger charge is -2.29. The summed E-state index contributed by atoms with van der Waals surface area (Å²) in [6, 6.07) is 14.6. The van der Waals surface area contributed by atoms with Crippen LogP contribution < -0.4 is 5.32 Å². The number of benzene rings is 2. The van der Waals surface area contributed by atoms with Crippen LogP contribution >= 0.6 is 11.6 Å². The number of carbonyl (C=O) groups is 2. The SMILES string of the molecule is CCNC(=O)[C@H](C)N(Cc1ccc(Cl)cc1)C(=O)Cc1ccccc1C.